The van der Waals surface area contributed by atoms with Crippen molar-refractivity contribution < 1.29 is 14.3 Å². The van der Waals surface area contributed by atoms with E-state index in [-0.39, 0.29) is 6.54 Å². The van der Waals surface area contributed by atoms with E-state index in [9.17, 15) is 9.59 Å². The predicted octanol–water partition coefficient (Wildman–Crippen LogP) is 2.54. The second-order valence-corrected chi connectivity index (χ2v) is 7.31. The van der Waals surface area contributed by atoms with E-state index in [4.69, 9.17) is 16.3 Å². The van der Waals surface area contributed by atoms with E-state index in [1.165, 1.54) is 11.3 Å². The third kappa shape index (κ3) is 6.48. The van der Waals surface area contributed by atoms with E-state index in [1.54, 1.807) is 6.07 Å². The molecule has 0 saturated carbocycles. The topological polar surface area (TPSA) is 70.7 Å². The van der Waals surface area contributed by atoms with E-state index in [0.717, 1.165) is 44.7 Å². The average Bonchev–Trinajstić information content (AvgIpc) is 2.77. The molecule has 3 rings (SSSR count). The Morgan fingerprint density at radius 3 is 2.38 bits per heavy atom. The molecule has 0 aliphatic carbocycles. The van der Waals surface area contributed by atoms with Gasteiger partial charge in [-0.05, 0) is 42.2 Å². The van der Waals surface area contributed by atoms with Gasteiger partial charge in [0.2, 0.25) is 0 Å². The van der Waals surface area contributed by atoms with Gasteiger partial charge in [-0.2, -0.15) is 0 Å². The zero-order valence-electron chi connectivity index (χ0n) is 16.3. The maximum Gasteiger partial charge on any atom is 0.309 e. The molecule has 1 fully saturated rings. The van der Waals surface area contributed by atoms with Gasteiger partial charge in [0.15, 0.2) is 0 Å². The summed E-state index contributed by atoms with van der Waals surface area (Å²) in [6.45, 7) is 4.06. The SMILES string of the molecule is O=C(NCCCc1ccc(N2CCOCC2)cc1)C(=O)NCc1ccccc1Cl. The molecule has 29 heavy (non-hydrogen) atoms. The largest absolute Gasteiger partial charge is 0.378 e. The molecule has 1 heterocycles. The number of carbonyl (C=O) groups is 2. The number of benzene rings is 2. The van der Waals surface area contributed by atoms with Crippen LogP contribution in [0.4, 0.5) is 5.69 Å². The average molecular weight is 416 g/mol. The first-order chi connectivity index (χ1) is 14.1. The summed E-state index contributed by atoms with van der Waals surface area (Å²) < 4.78 is 5.38. The van der Waals surface area contributed by atoms with Gasteiger partial charge in [0.25, 0.3) is 0 Å². The molecule has 2 N–H and O–H groups in total. The van der Waals surface area contributed by atoms with Crippen molar-refractivity contribution in [1.29, 1.82) is 0 Å². The lowest BCUT2D eigenvalue weighted by Crippen LogP contribution is -2.40. The van der Waals surface area contributed by atoms with Gasteiger partial charge in [0, 0.05) is 36.9 Å². The number of carbonyl (C=O) groups excluding carboxylic acids is 2. The molecular weight excluding hydrogens is 390 g/mol. The standard InChI is InChI=1S/C22H26ClN3O3/c23-20-6-2-1-5-18(20)16-25-22(28)21(27)24-11-3-4-17-7-9-19(10-8-17)26-12-14-29-15-13-26/h1-2,5-10H,3-4,11-16H2,(H,24,27)(H,25,28). The van der Waals surface area contributed by atoms with Crippen LogP contribution >= 0.6 is 11.6 Å². The van der Waals surface area contributed by atoms with Gasteiger partial charge in [-0.3, -0.25) is 9.59 Å². The molecule has 1 aliphatic heterocycles. The first-order valence-corrected chi connectivity index (χ1v) is 10.2. The minimum Gasteiger partial charge on any atom is -0.378 e. The fourth-order valence-corrected chi connectivity index (χ4v) is 3.37. The van der Waals surface area contributed by atoms with Crippen LogP contribution in [0.2, 0.25) is 5.02 Å². The molecule has 0 radical (unpaired) electrons. The molecule has 0 bridgehead atoms. The number of nitrogens with one attached hydrogen (secondary N) is 2. The summed E-state index contributed by atoms with van der Waals surface area (Å²) in [4.78, 5) is 26.1. The van der Waals surface area contributed by atoms with Crippen molar-refractivity contribution >= 4 is 29.1 Å². The lowest BCUT2D eigenvalue weighted by atomic mass is 10.1. The molecule has 2 aromatic rings. The molecule has 2 amide bonds. The summed E-state index contributed by atoms with van der Waals surface area (Å²) in [5, 5.41) is 5.81. The Kier molecular flexibility index (Phi) is 7.90. The Labute approximate surface area is 176 Å². The number of hydrogen-bond acceptors (Lipinski definition) is 4. The Balaban J connectivity index is 1.34. The Bertz CT molecular complexity index is 820. The van der Waals surface area contributed by atoms with Gasteiger partial charge in [-0.15, -0.1) is 0 Å². The monoisotopic (exact) mass is 415 g/mol. The number of rotatable bonds is 7. The summed E-state index contributed by atoms with van der Waals surface area (Å²) in [5.74, 6) is -1.28. The van der Waals surface area contributed by atoms with E-state index in [1.807, 2.05) is 18.2 Å². The van der Waals surface area contributed by atoms with Crippen LogP contribution in [-0.2, 0) is 27.3 Å². The van der Waals surface area contributed by atoms with E-state index >= 15 is 0 Å². The van der Waals surface area contributed by atoms with Gasteiger partial charge in [-0.1, -0.05) is 41.9 Å². The molecule has 1 aliphatic rings. The van der Waals surface area contributed by atoms with Gasteiger partial charge >= 0.3 is 11.8 Å². The van der Waals surface area contributed by atoms with Crippen molar-refractivity contribution in [2.75, 3.05) is 37.7 Å². The summed E-state index contributed by atoms with van der Waals surface area (Å²) in [7, 11) is 0. The quantitative estimate of drug-likeness (QED) is 0.538. The van der Waals surface area contributed by atoms with Gasteiger partial charge in [0.1, 0.15) is 0 Å². The van der Waals surface area contributed by atoms with Crippen LogP contribution in [0, 0.1) is 0 Å². The van der Waals surface area contributed by atoms with E-state index in [0.29, 0.717) is 11.6 Å². The number of halogens is 1. The first kappa shape index (κ1) is 21.1. The molecular formula is C22H26ClN3O3. The number of ether oxygens (including phenoxy) is 1. The van der Waals surface area contributed by atoms with E-state index in [2.05, 4.69) is 39.8 Å². The summed E-state index contributed by atoms with van der Waals surface area (Å²) >= 11 is 6.04. The second-order valence-electron chi connectivity index (χ2n) is 6.90. The lowest BCUT2D eigenvalue weighted by Gasteiger charge is -2.28. The molecule has 7 heteroatoms. The van der Waals surface area contributed by atoms with Crippen LogP contribution in [0.25, 0.3) is 0 Å². The summed E-state index contributed by atoms with van der Waals surface area (Å²) in [6.07, 6.45) is 1.60. The lowest BCUT2D eigenvalue weighted by molar-refractivity contribution is -0.139. The van der Waals surface area contributed by atoms with Crippen LogP contribution in [0.3, 0.4) is 0 Å². The summed E-state index contributed by atoms with van der Waals surface area (Å²) in [5.41, 5.74) is 3.19. The minimum atomic E-state index is -0.653. The van der Waals surface area contributed by atoms with Crippen molar-refractivity contribution in [2.24, 2.45) is 0 Å². The predicted molar refractivity (Wildman–Crippen MR) is 114 cm³/mol. The highest BCUT2D eigenvalue weighted by molar-refractivity contribution is 6.35. The van der Waals surface area contributed by atoms with Gasteiger partial charge < -0.3 is 20.3 Å². The molecule has 0 spiro atoms. The molecule has 0 atom stereocenters. The number of anilines is 1. The third-order valence-electron chi connectivity index (χ3n) is 4.84. The zero-order valence-corrected chi connectivity index (χ0v) is 17.1. The highest BCUT2D eigenvalue weighted by Gasteiger charge is 2.13. The maximum atomic E-state index is 11.9. The second kappa shape index (κ2) is 10.8. The molecule has 6 nitrogen and oxygen atoms in total. The Morgan fingerprint density at radius 1 is 0.966 bits per heavy atom. The first-order valence-electron chi connectivity index (χ1n) is 9.84. The van der Waals surface area contributed by atoms with Crippen molar-refractivity contribution in [1.82, 2.24) is 10.6 Å². The molecule has 0 aromatic heterocycles. The van der Waals surface area contributed by atoms with Crippen LogP contribution in [0.1, 0.15) is 17.5 Å². The number of hydrogen-bond donors (Lipinski definition) is 2. The number of morpholine rings is 1. The van der Waals surface area contributed by atoms with Crippen LogP contribution in [0.5, 0.6) is 0 Å². The number of amides is 2. The maximum absolute atomic E-state index is 11.9. The highest BCUT2D eigenvalue weighted by atomic mass is 35.5. The minimum absolute atomic E-state index is 0.224. The number of aryl methyl sites for hydroxylation is 1. The van der Waals surface area contributed by atoms with Crippen LogP contribution < -0.4 is 15.5 Å². The third-order valence-corrected chi connectivity index (χ3v) is 5.21. The van der Waals surface area contributed by atoms with Crippen LogP contribution in [-0.4, -0.2) is 44.7 Å². The van der Waals surface area contributed by atoms with Gasteiger partial charge in [-0.25, -0.2) is 0 Å². The Hall–Kier alpha value is -2.57. The van der Waals surface area contributed by atoms with Gasteiger partial charge in [0.05, 0.1) is 13.2 Å². The Morgan fingerprint density at radius 2 is 1.66 bits per heavy atom. The normalized spacial score (nSPS) is 13.8. The zero-order chi connectivity index (χ0) is 20.5. The smallest absolute Gasteiger partial charge is 0.309 e. The fraction of sp³-hybridized carbons (Fsp3) is 0.364. The van der Waals surface area contributed by atoms with E-state index < -0.39 is 11.8 Å². The van der Waals surface area contributed by atoms with Crippen molar-refractivity contribution in [3.63, 3.8) is 0 Å². The number of nitrogens with zero attached hydrogens (tertiary/aromatic N) is 1. The van der Waals surface area contributed by atoms with Crippen LogP contribution in [0.15, 0.2) is 48.5 Å². The van der Waals surface area contributed by atoms with Crippen molar-refractivity contribution in [2.45, 2.75) is 19.4 Å². The molecule has 154 valence electrons. The molecule has 2 aromatic carbocycles. The summed E-state index contributed by atoms with van der Waals surface area (Å²) in [6, 6.07) is 15.7. The molecule has 0 unspecified atom stereocenters. The van der Waals surface area contributed by atoms with Crippen molar-refractivity contribution in [3.8, 4) is 0 Å². The van der Waals surface area contributed by atoms with Crippen molar-refractivity contribution in [3.05, 3.63) is 64.7 Å². The fourth-order valence-electron chi connectivity index (χ4n) is 3.17. The highest BCUT2D eigenvalue weighted by Crippen LogP contribution is 2.17. The molecule has 1 saturated heterocycles.